The van der Waals surface area contributed by atoms with Gasteiger partial charge < -0.3 is 14.6 Å². The lowest BCUT2D eigenvalue weighted by molar-refractivity contribution is 0.247. The summed E-state index contributed by atoms with van der Waals surface area (Å²) in [6.07, 6.45) is 1.45. The predicted molar refractivity (Wildman–Crippen MR) is 101 cm³/mol. The van der Waals surface area contributed by atoms with Gasteiger partial charge in [-0.1, -0.05) is 31.3 Å². The van der Waals surface area contributed by atoms with Crippen molar-refractivity contribution >= 4 is 16.3 Å². The van der Waals surface area contributed by atoms with Crippen LogP contribution in [0.5, 0.6) is 17.4 Å². The summed E-state index contributed by atoms with van der Waals surface area (Å²) >= 11 is 1.45. The van der Waals surface area contributed by atoms with Crippen molar-refractivity contribution in [1.82, 2.24) is 19.5 Å². The second-order valence-electron chi connectivity index (χ2n) is 5.71. The van der Waals surface area contributed by atoms with Crippen molar-refractivity contribution in [2.75, 3.05) is 26.8 Å². The van der Waals surface area contributed by atoms with E-state index in [0.717, 1.165) is 23.5 Å². The summed E-state index contributed by atoms with van der Waals surface area (Å²) in [5.74, 6) is 1.52. The van der Waals surface area contributed by atoms with Gasteiger partial charge in [0.25, 0.3) is 0 Å². The summed E-state index contributed by atoms with van der Waals surface area (Å²) in [4.78, 5) is 7.97. The number of hydrogen-bond acceptors (Lipinski definition) is 7. The molecule has 1 atom stereocenters. The van der Waals surface area contributed by atoms with Crippen molar-refractivity contribution in [3.63, 3.8) is 0 Å². The molecule has 26 heavy (non-hydrogen) atoms. The van der Waals surface area contributed by atoms with Crippen LogP contribution in [0.25, 0.3) is 4.96 Å². The zero-order valence-corrected chi connectivity index (χ0v) is 16.3. The molecule has 3 rings (SSSR count). The molecule has 2 heterocycles. The first-order chi connectivity index (χ1) is 12.6. The molecule has 0 saturated carbocycles. The van der Waals surface area contributed by atoms with E-state index in [2.05, 4.69) is 28.8 Å². The number of fused-ring (bicyclic) bond motifs is 1. The Balaban J connectivity index is 2.12. The van der Waals surface area contributed by atoms with Gasteiger partial charge in [0.15, 0.2) is 11.5 Å². The third-order valence-electron chi connectivity index (χ3n) is 4.37. The van der Waals surface area contributed by atoms with Gasteiger partial charge in [0.2, 0.25) is 10.8 Å². The van der Waals surface area contributed by atoms with Gasteiger partial charge in [-0.2, -0.15) is 9.61 Å². The molecule has 7 nitrogen and oxygen atoms in total. The van der Waals surface area contributed by atoms with E-state index in [-0.39, 0.29) is 11.9 Å². The van der Waals surface area contributed by atoms with Gasteiger partial charge in [-0.3, -0.25) is 4.90 Å². The number of ether oxygens (including phenoxy) is 2. The molecule has 0 amide bonds. The number of aromatic hydroxyl groups is 1. The molecule has 0 radical (unpaired) electrons. The van der Waals surface area contributed by atoms with Crippen LogP contribution in [0.15, 0.2) is 24.5 Å². The Morgan fingerprint density at radius 1 is 1.23 bits per heavy atom. The van der Waals surface area contributed by atoms with E-state index < -0.39 is 0 Å². The molecule has 2 aromatic heterocycles. The van der Waals surface area contributed by atoms with Crippen LogP contribution in [0.4, 0.5) is 0 Å². The lowest BCUT2D eigenvalue weighted by Gasteiger charge is -2.29. The van der Waals surface area contributed by atoms with Crippen LogP contribution in [-0.4, -0.2) is 51.4 Å². The van der Waals surface area contributed by atoms with Gasteiger partial charge in [-0.15, -0.1) is 0 Å². The Kier molecular flexibility index (Phi) is 5.63. The highest BCUT2D eigenvalue weighted by molar-refractivity contribution is 7.17. The quantitative estimate of drug-likeness (QED) is 0.650. The van der Waals surface area contributed by atoms with Crippen molar-refractivity contribution in [3.05, 3.63) is 35.0 Å². The van der Waals surface area contributed by atoms with E-state index in [0.29, 0.717) is 23.1 Å². The molecule has 0 aliphatic rings. The number of rotatable bonds is 8. The predicted octanol–water partition coefficient (Wildman–Crippen LogP) is 3.33. The molecule has 0 aliphatic heterocycles. The smallest absolute Gasteiger partial charge is 0.230 e. The van der Waals surface area contributed by atoms with Crippen LogP contribution in [0.3, 0.4) is 0 Å². The van der Waals surface area contributed by atoms with Crippen molar-refractivity contribution in [1.29, 1.82) is 0 Å². The average molecular weight is 376 g/mol. The van der Waals surface area contributed by atoms with E-state index in [9.17, 15) is 5.11 Å². The molecule has 140 valence electrons. The van der Waals surface area contributed by atoms with Gasteiger partial charge >= 0.3 is 0 Å². The molecule has 0 aliphatic carbocycles. The lowest BCUT2D eigenvalue weighted by atomic mass is 10.0. The summed E-state index contributed by atoms with van der Waals surface area (Å²) in [6.45, 7) is 8.41. The number of benzene rings is 1. The Morgan fingerprint density at radius 3 is 2.62 bits per heavy atom. The first kappa shape index (κ1) is 18.5. The van der Waals surface area contributed by atoms with E-state index in [1.165, 1.54) is 22.2 Å². The highest BCUT2D eigenvalue weighted by atomic mass is 32.1. The number of aromatic nitrogens is 3. The number of hydrogen-bond donors (Lipinski definition) is 1. The zero-order valence-electron chi connectivity index (χ0n) is 15.5. The van der Waals surface area contributed by atoms with E-state index >= 15 is 0 Å². The molecule has 1 aromatic carbocycles. The molecule has 8 heteroatoms. The Bertz CT molecular complexity index is 873. The maximum absolute atomic E-state index is 10.7. The largest absolute Gasteiger partial charge is 0.493 e. The summed E-state index contributed by atoms with van der Waals surface area (Å²) in [5.41, 5.74) is 1.02. The van der Waals surface area contributed by atoms with Crippen LogP contribution >= 0.6 is 11.3 Å². The van der Waals surface area contributed by atoms with E-state index in [4.69, 9.17) is 9.47 Å². The molecule has 1 unspecified atom stereocenters. The maximum Gasteiger partial charge on any atom is 0.230 e. The standard InChI is InChI=1S/C18H24N4O3S/c1-5-21(6-2)15(16-17(23)22-18(26-16)19-11-20-22)12-8-9-13(25-7-3)14(10-12)24-4/h8-11,15,23H,5-7H2,1-4H3. The first-order valence-electron chi connectivity index (χ1n) is 8.70. The molecule has 0 spiro atoms. The fourth-order valence-corrected chi connectivity index (χ4v) is 4.21. The van der Waals surface area contributed by atoms with Gasteiger partial charge in [0.1, 0.15) is 6.33 Å². The Hall–Kier alpha value is -2.32. The van der Waals surface area contributed by atoms with Crippen LogP contribution in [0.2, 0.25) is 0 Å². The molecular formula is C18H24N4O3S. The van der Waals surface area contributed by atoms with Crippen LogP contribution in [0, 0.1) is 0 Å². The van der Waals surface area contributed by atoms with Gasteiger partial charge in [-0.25, -0.2) is 4.98 Å². The Morgan fingerprint density at radius 2 is 2.00 bits per heavy atom. The highest BCUT2D eigenvalue weighted by Gasteiger charge is 2.28. The third-order valence-corrected chi connectivity index (χ3v) is 5.45. The van der Waals surface area contributed by atoms with Crippen molar-refractivity contribution < 1.29 is 14.6 Å². The van der Waals surface area contributed by atoms with Crippen molar-refractivity contribution in [3.8, 4) is 17.4 Å². The average Bonchev–Trinajstić information content (AvgIpc) is 3.23. The molecule has 0 saturated heterocycles. The van der Waals surface area contributed by atoms with Gasteiger partial charge in [0, 0.05) is 0 Å². The summed E-state index contributed by atoms with van der Waals surface area (Å²) in [6, 6.07) is 5.79. The van der Waals surface area contributed by atoms with Crippen LogP contribution < -0.4 is 9.47 Å². The molecule has 3 aromatic rings. The van der Waals surface area contributed by atoms with Gasteiger partial charge in [-0.05, 0) is 37.7 Å². The number of methoxy groups -OCH3 is 1. The highest BCUT2D eigenvalue weighted by Crippen LogP contribution is 2.41. The summed E-state index contributed by atoms with van der Waals surface area (Å²) < 4.78 is 12.6. The minimum absolute atomic E-state index is 0.122. The molecule has 1 N–H and O–H groups in total. The SMILES string of the molecule is CCOc1ccc(C(c2sc3ncnn3c2O)N(CC)CC)cc1OC. The van der Waals surface area contributed by atoms with E-state index in [1.807, 2.05) is 25.1 Å². The fourth-order valence-electron chi connectivity index (χ4n) is 3.12. The second-order valence-corrected chi connectivity index (χ2v) is 6.72. The van der Waals surface area contributed by atoms with Gasteiger partial charge in [0.05, 0.1) is 24.6 Å². The van der Waals surface area contributed by atoms with Crippen LogP contribution in [-0.2, 0) is 0 Å². The minimum atomic E-state index is -0.122. The minimum Gasteiger partial charge on any atom is -0.493 e. The first-order valence-corrected chi connectivity index (χ1v) is 9.52. The molecule has 0 bridgehead atoms. The third kappa shape index (κ3) is 3.22. The lowest BCUT2D eigenvalue weighted by Crippen LogP contribution is -2.29. The normalized spacial score (nSPS) is 12.7. The Labute approximate surface area is 156 Å². The van der Waals surface area contributed by atoms with E-state index in [1.54, 1.807) is 7.11 Å². The maximum atomic E-state index is 10.7. The monoisotopic (exact) mass is 376 g/mol. The number of thiazole rings is 1. The summed E-state index contributed by atoms with van der Waals surface area (Å²) in [7, 11) is 1.63. The second kappa shape index (κ2) is 7.92. The zero-order chi connectivity index (χ0) is 18.7. The topological polar surface area (TPSA) is 72.1 Å². The van der Waals surface area contributed by atoms with Crippen LogP contribution in [0.1, 0.15) is 37.3 Å². The fraction of sp³-hybridized carbons (Fsp3) is 0.444. The number of nitrogens with zero attached hydrogens (tertiary/aromatic N) is 4. The van der Waals surface area contributed by atoms with Crippen molar-refractivity contribution in [2.45, 2.75) is 26.8 Å². The molecular weight excluding hydrogens is 352 g/mol. The summed E-state index contributed by atoms with van der Waals surface area (Å²) in [5, 5.41) is 14.8. The molecule has 0 fully saturated rings. The van der Waals surface area contributed by atoms with Crippen molar-refractivity contribution in [2.24, 2.45) is 0 Å².